The first-order valence-electron chi connectivity index (χ1n) is 8.74. The molecule has 0 aromatic carbocycles. The number of nitrogens with two attached hydrogens (primary N) is 1. The number of carbonyl (C=O) groups excluding carboxylic acids is 1. The third kappa shape index (κ3) is 3.35. The maximum atomic E-state index is 12.6. The van der Waals surface area contributed by atoms with E-state index in [0.29, 0.717) is 37.3 Å². The second-order valence-electron chi connectivity index (χ2n) is 6.48. The third-order valence-electron chi connectivity index (χ3n) is 4.77. The molecule has 2 aliphatic rings. The monoisotopic (exact) mass is 378 g/mol. The zero-order chi connectivity index (χ0) is 17.4. The molecule has 0 saturated carbocycles. The molecule has 1 aliphatic carbocycles. The third-order valence-corrected chi connectivity index (χ3v) is 6.91. The number of anilines is 1. The number of thiophene rings is 1. The Balaban J connectivity index is 1.56. The second kappa shape index (κ2) is 7.09. The molecule has 2 aromatic heterocycles. The topological polar surface area (TPSA) is 81.3 Å². The molecule has 25 heavy (non-hydrogen) atoms. The SMILES string of the molecule is C[C@@H](Sc1nc(N)c2c3c(sc2n1)CCCC3)C(=O)N1CCOCC1. The highest BCUT2D eigenvalue weighted by molar-refractivity contribution is 8.00. The molecule has 8 heteroatoms. The minimum Gasteiger partial charge on any atom is -0.383 e. The summed E-state index contributed by atoms with van der Waals surface area (Å²) >= 11 is 3.13. The molecule has 1 aliphatic heterocycles. The predicted octanol–water partition coefficient (Wildman–Crippen LogP) is 2.49. The van der Waals surface area contributed by atoms with Crippen LogP contribution in [0, 0.1) is 0 Å². The summed E-state index contributed by atoms with van der Waals surface area (Å²) in [7, 11) is 0. The molecule has 1 amide bonds. The van der Waals surface area contributed by atoms with Gasteiger partial charge in [0.15, 0.2) is 5.16 Å². The number of rotatable bonds is 3. The minimum absolute atomic E-state index is 0.112. The van der Waals surface area contributed by atoms with Crippen LogP contribution in [0.4, 0.5) is 5.82 Å². The number of hydrogen-bond acceptors (Lipinski definition) is 7. The highest BCUT2D eigenvalue weighted by Crippen LogP contribution is 2.38. The smallest absolute Gasteiger partial charge is 0.236 e. The number of aryl methyl sites for hydroxylation is 2. The van der Waals surface area contributed by atoms with Crippen molar-refractivity contribution in [2.45, 2.75) is 43.0 Å². The van der Waals surface area contributed by atoms with Crippen molar-refractivity contribution in [3.8, 4) is 0 Å². The van der Waals surface area contributed by atoms with Crippen LogP contribution in [0.5, 0.6) is 0 Å². The van der Waals surface area contributed by atoms with Gasteiger partial charge in [0.2, 0.25) is 5.91 Å². The lowest BCUT2D eigenvalue weighted by Gasteiger charge is -2.28. The molecule has 2 N–H and O–H groups in total. The van der Waals surface area contributed by atoms with Crippen LogP contribution in [0.25, 0.3) is 10.2 Å². The fourth-order valence-electron chi connectivity index (χ4n) is 3.47. The quantitative estimate of drug-likeness (QED) is 0.653. The maximum absolute atomic E-state index is 12.6. The van der Waals surface area contributed by atoms with E-state index in [1.54, 1.807) is 11.3 Å². The Morgan fingerprint density at radius 2 is 2.04 bits per heavy atom. The number of nitrogen functional groups attached to an aromatic ring is 1. The fraction of sp³-hybridized carbons (Fsp3) is 0.588. The molecule has 0 radical (unpaired) electrons. The Bertz CT molecular complexity index is 802. The van der Waals surface area contributed by atoms with Crippen molar-refractivity contribution in [1.82, 2.24) is 14.9 Å². The van der Waals surface area contributed by atoms with Gasteiger partial charge in [0.1, 0.15) is 10.6 Å². The van der Waals surface area contributed by atoms with Gasteiger partial charge in [0.05, 0.1) is 23.8 Å². The summed E-state index contributed by atoms with van der Waals surface area (Å²) in [6, 6.07) is 0. The number of nitrogens with zero attached hydrogens (tertiary/aromatic N) is 3. The Hall–Kier alpha value is -1.38. The van der Waals surface area contributed by atoms with E-state index in [0.717, 1.165) is 23.1 Å². The molecule has 0 bridgehead atoms. The van der Waals surface area contributed by atoms with Crippen LogP contribution in [0.15, 0.2) is 5.16 Å². The first-order valence-corrected chi connectivity index (χ1v) is 10.4. The van der Waals surface area contributed by atoms with Crippen LogP contribution in [-0.2, 0) is 22.4 Å². The van der Waals surface area contributed by atoms with Gasteiger partial charge in [-0.3, -0.25) is 4.79 Å². The van der Waals surface area contributed by atoms with Crippen LogP contribution in [0.2, 0.25) is 0 Å². The predicted molar refractivity (Wildman–Crippen MR) is 101 cm³/mol. The lowest BCUT2D eigenvalue weighted by Crippen LogP contribution is -2.44. The van der Waals surface area contributed by atoms with Crippen molar-refractivity contribution in [2.75, 3.05) is 32.0 Å². The summed E-state index contributed by atoms with van der Waals surface area (Å²) in [5.74, 6) is 0.666. The number of amides is 1. The van der Waals surface area contributed by atoms with Gasteiger partial charge in [-0.05, 0) is 38.2 Å². The van der Waals surface area contributed by atoms with Crippen molar-refractivity contribution < 1.29 is 9.53 Å². The van der Waals surface area contributed by atoms with Crippen molar-refractivity contribution in [1.29, 1.82) is 0 Å². The number of hydrogen-bond donors (Lipinski definition) is 1. The van der Waals surface area contributed by atoms with Gasteiger partial charge in [-0.2, -0.15) is 0 Å². The molecule has 1 saturated heterocycles. The zero-order valence-corrected chi connectivity index (χ0v) is 15.9. The summed E-state index contributed by atoms with van der Waals surface area (Å²) < 4.78 is 5.31. The molecule has 0 unspecified atom stereocenters. The molecule has 2 aromatic rings. The highest BCUT2D eigenvalue weighted by atomic mass is 32.2. The van der Waals surface area contributed by atoms with E-state index >= 15 is 0 Å². The van der Waals surface area contributed by atoms with Crippen molar-refractivity contribution in [3.63, 3.8) is 0 Å². The lowest BCUT2D eigenvalue weighted by molar-refractivity contribution is -0.134. The molecule has 134 valence electrons. The summed E-state index contributed by atoms with van der Waals surface area (Å²) in [5.41, 5.74) is 7.60. The summed E-state index contributed by atoms with van der Waals surface area (Å²) in [4.78, 5) is 26.0. The van der Waals surface area contributed by atoms with Gasteiger partial charge in [-0.1, -0.05) is 11.8 Å². The molecule has 3 heterocycles. The van der Waals surface area contributed by atoms with Crippen molar-refractivity contribution in [3.05, 3.63) is 10.4 Å². The maximum Gasteiger partial charge on any atom is 0.236 e. The van der Waals surface area contributed by atoms with Crippen LogP contribution < -0.4 is 5.73 Å². The Labute approximate surface area is 155 Å². The summed E-state index contributed by atoms with van der Waals surface area (Å²) in [5, 5.41) is 1.40. The van der Waals surface area contributed by atoms with Gasteiger partial charge < -0.3 is 15.4 Å². The van der Waals surface area contributed by atoms with E-state index in [9.17, 15) is 4.79 Å². The van der Waals surface area contributed by atoms with E-state index in [4.69, 9.17) is 15.5 Å². The number of carbonyl (C=O) groups is 1. The summed E-state index contributed by atoms with van der Waals surface area (Å²) in [6.07, 6.45) is 4.63. The van der Waals surface area contributed by atoms with Gasteiger partial charge in [-0.15, -0.1) is 11.3 Å². The molecule has 0 spiro atoms. The van der Waals surface area contributed by atoms with Crippen LogP contribution >= 0.6 is 23.1 Å². The molecular weight excluding hydrogens is 356 g/mol. The molecule has 6 nitrogen and oxygen atoms in total. The largest absolute Gasteiger partial charge is 0.383 e. The minimum atomic E-state index is -0.232. The van der Waals surface area contributed by atoms with E-state index in [-0.39, 0.29) is 11.2 Å². The Morgan fingerprint density at radius 3 is 2.84 bits per heavy atom. The van der Waals surface area contributed by atoms with E-state index in [1.165, 1.54) is 35.0 Å². The van der Waals surface area contributed by atoms with E-state index in [2.05, 4.69) is 4.98 Å². The van der Waals surface area contributed by atoms with Gasteiger partial charge in [-0.25, -0.2) is 9.97 Å². The van der Waals surface area contributed by atoms with Crippen molar-refractivity contribution >= 4 is 45.0 Å². The van der Waals surface area contributed by atoms with Crippen molar-refractivity contribution in [2.24, 2.45) is 0 Å². The normalized spacial score (nSPS) is 19.0. The number of ether oxygens (including phenoxy) is 1. The molecular formula is C17H22N4O2S2. The van der Waals surface area contributed by atoms with Gasteiger partial charge >= 0.3 is 0 Å². The standard InChI is InChI=1S/C17H22N4O2S2/c1-10(16(22)21-6-8-23-9-7-21)24-17-19-14(18)13-11-4-2-3-5-12(11)25-15(13)20-17/h10H,2-9H2,1H3,(H2,18,19,20)/t10-/m1/s1. The number of aromatic nitrogens is 2. The Kier molecular flexibility index (Phi) is 4.84. The van der Waals surface area contributed by atoms with Gasteiger partial charge in [0.25, 0.3) is 0 Å². The molecule has 1 atom stereocenters. The molecule has 4 rings (SSSR count). The number of thioether (sulfide) groups is 1. The molecule has 1 fully saturated rings. The lowest BCUT2D eigenvalue weighted by atomic mass is 9.97. The van der Waals surface area contributed by atoms with Gasteiger partial charge in [0, 0.05) is 18.0 Å². The van der Waals surface area contributed by atoms with Crippen LogP contribution in [-0.4, -0.2) is 52.3 Å². The fourth-order valence-corrected chi connectivity index (χ4v) is 5.66. The second-order valence-corrected chi connectivity index (χ2v) is 8.87. The Morgan fingerprint density at radius 1 is 1.28 bits per heavy atom. The van der Waals surface area contributed by atoms with Crippen LogP contribution in [0.1, 0.15) is 30.2 Å². The van der Waals surface area contributed by atoms with Crippen LogP contribution in [0.3, 0.4) is 0 Å². The summed E-state index contributed by atoms with van der Waals surface area (Å²) in [6.45, 7) is 4.44. The van der Waals surface area contributed by atoms with E-state index in [1.807, 2.05) is 11.8 Å². The first kappa shape index (κ1) is 17.1. The number of morpholine rings is 1. The highest BCUT2D eigenvalue weighted by Gasteiger charge is 2.25. The number of fused-ring (bicyclic) bond motifs is 3. The average molecular weight is 379 g/mol. The zero-order valence-electron chi connectivity index (χ0n) is 14.3. The first-order chi connectivity index (χ1) is 12.1. The van der Waals surface area contributed by atoms with E-state index < -0.39 is 0 Å². The average Bonchev–Trinajstić information content (AvgIpc) is 3.00.